The molecule has 0 unspecified atom stereocenters. The summed E-state index contributed by atoms with van der Waals surface area (Å²) in [6.45, 7) is 9.04. The predicted octanol–water partition coefficient (Wildman–Crippen LogP) is 3.23. The van der Waals surface area contributed by atoms with Crippen LogP contribution in [-0.2, 0) is 9.53 Å². The molecule has 0 bridgehead atoms. The molecule has 0 aromatic carbocycles. The number of aromatic nitrogens is 1. The lowest BCUT2D eigenvalue weighted by molar-refractivity contribution is -0.380. The van der Waals surface area contributed by atoms with E-state index in [4.69, 9.17) is 45.3 Å². The van der Waals surface area contributed by atoms with Crippen LogP contribution in [0.25, 0.3) is 0 Å². The first-order chi connectivity index (χ1) is 11.0. The fourth-order valence-electron chi connectivity index (χ4n) is 2.29. The van der Waals surface area contributed by atoms with E-state index in [0.717, 1.165) is 0 Å². The normalized spacial score (nSPS) is 12.4. The van der Waals surface area contributed by atoms with Gasteiger partial charge >= 0.3 is 11.7 Å². The maximum absolute atomic E-state index is 12.5. The molecule has 0 aliphatic carbocycles. The van der Waals surface area contributed by atoms with Crippen molar-refractivity contribution in [1.29, 1.82) is 0 Å². The third-order valence-electron chi connectivity index (χ3n) is 3.32. The maximum atomic E-state index is 12.5. The molecule has 0 fully saturated rings. The van der Waals surface area contributed by atoms with Crippen LogP contribution in [0.1, 0.15) is 45.1 Å². The highest BCUT2D eigenvalue weighted by atomic mass is 35.5. The monoisotopic (exact) mass is 396 g/mol. The molecular weight excluding hydrogens is 377 g/mol. The Kier molecular flexibility index (Phi) is 7.13. The summed E-state index contributed by atoms with van der Waals surface area (Å²) in [5.74, 6) is -1.16. The van der Waals surface area contributed by atoms with Gasteiger partial charge in [0.2, 0.25) is 0 Å². The summed E-state index contributed by atoms with van der Waals surface area (Å²) in [5.41, 5.74) is 5.48. The molecule has 6 nitrogen and oxygen atoms in total. The second kappa shape index (κ2) is 8.23. The Bertz CT molecular complexity index is 643. The summed E-state index contributed by atoms with van der Waals surface area (Å²) in [7, 11) is 0. The van der Waals surface area contributed by atoms with Crippen LogP contribution in [0, 0.1) is 0 Å². The number of nitrogens with two attached hydrogens (primary N) is 1. The Balaban J connectivity index is 3.02. The number of esters is 1. The largest absolute Gasteiger partial charge is 0.445 e. The molecule has 0 saturated heterocycles. The first-order valence-corrected chi connectivity index (χ1v) is 8.50. The Morgan fingerprint density at radius 1 is 1.04 bits per heavy atom. The Morgan fingerprint density at radius 3 is 2.00 bits per heavy atom. The number of nitrogen functional groups attached to an aromatic ring is 1. The van der Waals surface area contributed by atoms with Gasteiger partial charge in [0.25, 0.3) is 11.1 Å². The number of nitrogens with zero attached hydrogens (tertiary/aromatic N) is 1. The Labute approximate surface area is 156 Å². The van der Waals surface area contributed by atoms with Gasteiger partial charge in [-0.25, -0.2) is 4.79 Å². The van der Waals surface area contributed by atoms with Crippen LogP contribution in [0.2, 0.25) is 15.2 Å². The zero-order chi connectivity index (χ0) is 18.8. The van der Waals surface area contributed by atoms with Crippen LogP contribution in [0.4, 0.5) is 5.69 Å². The van der Waals surface area contributed by atoms with E-state index < -0.39 is 12.1 Å². The fraction of sp³-hybridized carbons (Fsp3) is 0.533. The summed E-state index contributed by atoms with van der Waals surface area (Å²) >= 11 is 17.7. The lowest BCUT2D eigenvalue weighted by Crippen LogP contribution is -2.47. The number of aromatic amines is 1. The third-order valence-corrected chi connectivity index (χ3v) is 4.49. The third kappa shape index (κ3) is 4.43. The van der Waals surface area contributed by atoms with Crippen LogP contribution in [-0.4, -0.2) is 35.0 Å². The van der Waals surface area contributed by atoms with Crippen molar-refractivity contribution >= 4 is 52.4 Å². The number of ether oxygens (including phenoxy) is 1. The summed E-state index contributed by atoms with van der Waals surface area (Å²) in [6, 6.07) is -0.0659. The van der Waals surface area contributed by atoms with Gasteiger partial charge in [-0.1, -0.05) is 23.2 Å². The number of H-pyrrole nitrogens is 1. The van der Waals surface area contributed by atoms with Crippen molar-refractivity contribution in [1.82, 2.24) is 4.90 Å². The highest BCUT2D eigenvalue weighted by Gasteiger charge is 2.32. The summed E-state index contributed by atoms with van der Waals surface area (Å²) in [4.78, 5) is 28.9. The quantitative estimate of drug-likeness (QED) is 0.610. The van der Waals surface area contributed by atoms with Gasteiger partial charge in [0.15, 0.2) is 6.10 Å². The molecule has 1 heterocycles. The van der Waals surface area contributed by atoms with Gasteiger partial charge in [-0.05, 0) is 46.2 Å². The molecule has 24 heavy (non-hydrogen) atoms. The number of carbonyl (C=O) groups excluding carboxylic acids is 2. The first kappa shape index (κ1) is 20.8. The number of amides is 1. The molecule has 0 saturated carbocycles. The number of hydrogen-bond donors (Lipinski definition) is 1. The van der Waals surface area contributed by atoms with Gasteiger partial charge in [-0.15, -0.1) is 0 Å². The van der Waals surface area contributed by atoms with Gasteiger partial charge in [0.05, 0.1) is 5.69 Å². The molecule has 1 amide bonds. The maximum Gasteiger partial charge on any atom is 0.406 e. The molecule has 1 aromatic heterocycles. The molecule has 0 aliphatic rings. The minimum Gasteiger partial charge on any atom is -0.445 e. The number of nitrogens with one attached hydrogen (secondary N) is 1. The van der Waals surface area contributed by atoms with Gasteiger partial charge in [-0.3, -0.25) is 4.79 Å². The minimum absolute atomic E-state index is 0.00753. The molecule has 134 valence electrons. The summed E-state index contributed by atoms with van der Waals surface area (Å²) < 4.78 is 5.21. The van der Waals surface area contributed by atoms with E-state index in [-0.39, 0.29) is 44.6 Å². The van der Waals surface area contributed by atoms with E-state index in [0.29, 0.717) is 0 Å². The molecular formula is C15H21Cl3N3O3+. The number of hydrogen-bond acceptors (Lipinski definition) is 4. The van der Waals surface area contributed by atoms with Crippen LogP contribution < -0.4 is 10.7 Å². The molecule has 0 spiro atoms. The summed E-state index contributed by atoms with van der Waals surface area (Å²) in [5, 5.41) is -0.151. The second-order valence-electron chi connectivity index (χ2n) is 5.84. The fourth-order valence-corrected chi connectivity index (χ4v) is 2.90. The standard InChI is InChI=1S/C15H20Cl3N3O3/c1-6(2)21(7(3)4)14(22)8(5)24-15(23)12-9(16)11(19)10(17)13(18)20-12/h6-8H,1-5H3,(H2,19,20)/p+1/t8-/m1/s1. The Hall–Kier alpha value is -1.24. The minimum atomic E-state index is -0.998. The van der Waals surface area contributed by atoms with Crippen LogP contribution in [0.15, 0.2) is 0 Å². The molecule has 0 aliphatic heterocycles. The molecule has 1 rings (SSSR count). The Morgan fingerprint density at radius 2 is 1.54 bits per heavy atom. The van der Waals surface area contributed by atoms with Crippen molar-refractivity contribution < 1.29 is 19.3 Å². The average molecular weight is 398 g/mol. The molecule has 1 aromatic rings. The zero-order valence-electron chi connectivity index (χ0n) is 14.1. The summed E-state index contributed by atoms with van der Waals surface area (Å²) in [6.07, 6.45) is -0.998. The topological polar surface area (TPSA) is 86.8 Å². The molecule has 3 N–H and O–H groups in total. The van der Waals surface area contributed by atoms with Crippen molar-refractivity contribution in [3.8, 4) is 0 Å². The van der Waals surface area contributed by atoms with E-state index in [9.17, 15) is 9.59 Å². The highest BCUT2D eigenvalue weighted by molar-refractivity contribution is 6.45. The molecule has 9 heteroatoms. The van der Waals surface area contributed by atoms with Gasteiger partial charge in [0, 0.05) is 12.1 Å². The van der Waals surface area contributed by atoms with E-state index in [1.165, 1.54) is 6.92 Å². The molecule has 0 radical (unpaired) electrons. The number of rotatable bonds is 5. The number of anilines is 1. The SMILES string of the molecule is CC(C)N(C(=O)[C@@H](C)OC(=O)c1[nH+]c(Cl)c(Cl)c(N)c1Cl)C(C)C. The van der Waals surface area contributed by atoms with E-state index in [1.54, 1.807) is 4.90 Å². The van der Waals surface area contributed by atoms with E-state index in [1.807, 2.05) is 27.7 Å². The van der Waals surface area contributed by atoms with Crippen molar-refractivity contribution in [2.75, 3.05) is 5.73 Å². The van der Waals surface area contributed by atoms with Gasteiger partial charge < -0.3 is 15.4 Å². The van der Waals surface area contributed by atoms with Gasteiger partial charge in [0.1, 0.15) is 10.0 Å². The first-order valence-electron chi connectivity index (χ1n) is 7.37. The smallest absolute Gasteiger partial charge is 0.406 e. The van der Waals surface area contributed by atoms with Crippen LogP contribution in [0.5, 0.6) is 0 Å². The number of halogens is 3. The van der Waals surface area contributed by atoms with Crippen molar-refractivity contribution in [3.63, 3.8) is 0 Å². The van der Waals surface area contributed by atoms with Crippen molar-refractivity contribution in [3.05, 3.63) is 20.9 Å². The average Bonchev–Trinajstić information content (AvgIpc) is 2.47. The van der Waals surface area contributed by atoms with Crippen LogP contribution in [0.3, 0.4) is 0 Å². The molecule has 1 atom stereocenters. The lowest BCUT2D eigenvalue weighted by Gasteiger charge is -2.32. The van der Waals surface area contributed by atoms with Crippen LogP contribution >= 0.6 is 34.8 Å². The highest BCUT2D eigenvalue weighted by Crippen LogP contribution is 2.32. The van der Waals surface area contributed by atoms with Gasteiger partial charge in [-0.2, -0.15) is 4.98 Å². The lowest BCUT2D eigenvalue weighted by atomic mass is 10.2. The zero-order valence-corrected chi connectivity index (χ0v) is 16.4. The van der Waals surface area contributed by atoms with Crippen molar-refractivity contribution in [2.45, 2.75) is 52.8 Å². The van der Waals surface area contributed by atoms with E-state index >= 15 is 0 Å². The predicted molar refractivity (Wildman–Crippen MR) is 94.4 cm³/mol. The number of pyridine rings is 1. The van der Waals surface area contributed by atoms with E-state index in [2.05, 4.69) is 4.98 Å². The number of carbonyl (C=O) groups is 2. The second-order valence-corrected chi connectivity index (χ2v) is 6.97. The van der Waals surface area contributed by atoms with Crippen molar-refractivity contribution in [2.24, 2.45) is 0 Å².